The molecular formula is C16H28O2. The summed E-state index contributed by atoms with van der Waals surface area (Å²) in [6, 6.07) is 0. The van der Waals surface area contributed by atoms with Crippen molar-refractivity contribution in [2.75, 3.05) is 6.61 Å². The number of ether oxygens (including phenoxy) is 1. The van der Waals surface area contributed by atoms with Crippen molar-refractivity contribution < 1.29 is 9.53 Å². The smallest absolute Gasteiger partial charge is 0.164 e. The van der Waals surface area contributed by atoms with Crippen LogP contribution < -0.4 is 0 Å². The van der Waals surface area contributed by atoms with Crippen molar-refractivity contribution in [3.63, 3.8) is 0 Å². The molecule has 0 saturated heterocycles. The Morgan fingerprint density at radius 2 is 1.94 bits per heavy atom. The van der Waals surface area contributed by atoms with Crippen LogP contribution in [0.3, 0.4) is 0 Å². The van der Waals surface area contributed by atoms with E-state index in [-0.39, 0.29) is 0 Å². The summed E-state index contributed by atoms with van der Waals surface area (Å²) in [4.78, 5) is 12.7. The highest BCUT2D eigenvalue weighted by Crippen LogP contribution is 2.39. The molecule has 2 heteroatoms. The summed E-state index contributed by atoms with van der Waals surface area (Å²) in [6.45, 7) is 4.95. The van der Waals surface area contributed by atoms with Crippen LogP contribution in [-0.4, -0.2) is 18.0 Å². The van der Waals surface area contributed by atoms with Crippen LogP contribution in [0.15, 0.2) is 0 Å². The highest BCUT2D eigenvalue weighted by molar-refractivity contribution is 5.87. The molecule has 0 spiro atoms. The third-order valence-corrected chi connectivity index (χ3v) is 4.83. The van der Waals surface area contributed by atoms with E-state index >= 15 is 0 Å². The Morgan fingerprint density at radius 1 is 1.22 bits per heavy atom. The summed E-state index contributed by atoms with van der Waals surface area (Å²) in [5, 5.41) is 0. The summed E-state index contributed by atoms with van der Waals surface area (Å²) >= 11 is 0. The molecule has 2 atom stereocenters. The molecule has 0 heterocycles. The number of carbonyl (C=O) groups is 1. The molecule has 0 aliphatic heterocycles. The summed E-state index contributed by atoms with van der Waals surface area (Å²) in [5.74, 6) is 1.69. The van der Waals surface area contributed by atoms with Crippen LogP contribution in [0.4, 0.5) is 0 Å². The van der Waals surface area contributed by atoms with Gasteiger partial charge in [-0.3, -0.25) is 4.79 Å². The molecule has 0 radical (unpaired) electrons. The molecule has 2 rings (SSSR count). The molecule has 104 valence electrons. The van der Waals surface area contributed by atoms with E-state index in [1.165, 1.54) is 32.1 Å². The Kier molecular flexibility index (Phi) is 4.83. The second kappa shape index (κ2) is 6.18. The number of hydrogen-bond donors (Lipinski definition) is 0. The predicted octanol–water partition coefficient (Wildman–Crippen LogP) is 4.12. The van der Waals surface area contributed by atoms with Gasteiger partial charge < -0.3 is 4.74 Å². The van der Waals surface area contributed by atoms with Gasteiger partial charge >= 0.3 is 0 Å². The van der Waals surface area contributed by atoms with Crippen molar-refractivity contribution in [2.45, 2.75) is 77.2 Å². The molecule has 2 aliphatic carbocycles. The number of ketones is 1. The van der Waals surface area contributed by atoms with E-state index in [1.54, 1.807) is 0 Å². The average molecular weight is 252 g/mol. The third-order valence-electron chi connectivity index (χ3n) is 4.83. The van der Waals surface area contributed by atoms with Gasteiger partial charge in [0.05, 0.1) is 0 Å². The minimum absolute atomic E-state index is 0.405. The molecule has 0 amide bonds. The Bertz CT molecular complexity index is 277. The van der Waals surface area contributed by atoms with Gasteiger partial charge in [0.25, 0.3) is 0 Å². The van der Waals surface area contributed by atoms with Crippen molar-refractivity contribution in [3.8, 4) is 0 Å². The molecule has 0 aromatic carbocycles. The molecule has 2 saturated carbocycles. The average Bonchev–Trinajstić information content (AvgIpc) is 2.82. The van der Waals surface area contributed by atoms with E-state index in [0.717, 1.165) is 25.7 Å². The van der Waals surface area contributed by atoms with Gasteiger partial charge in [-0.05, 0) is 38.0 Å². The van der Waals surface area contributed by atoms with Crippen molar-refractivity contribution in [3.05, 3.63) is 0 Å². The van der Waals surface area contributed by atoms with Gasteiger partial charge in [0.15, 0.2) is 5.78 Å². The Hall–Kier alpha value is -0.370. The lowest BCUT2D eigenvalue weighted by Crippen LogP contribution is -2.46. The lowest BCUT2D eigenvalue weighted by Gasteiger charge is -2.39. The van der Waals surface area contributed by atoms with Gasteiger partial charge in [-0.2, -0.15) is 0 Å². The normalized spacial score (nSPS) is 33.8. The number of carbonyl (C=O) groups excluding carboxylic acids is 1. The lowest BCUT2D eigenvalue weighted by molar-refractivity contribution is -0.152. The number of rotatable bonds is 5. The molecular weight excluding hydrogens is 224 g/mol. The van der Waals surface area contributed by atoms with Gasteiger partial charge in [-0.1, -0.05) is 39.0 Å². The van der Waals surface area contributed by atoms with Gasteiger partial charge in [0.1, 0.15) is 5.60 Å². The zero-order valence-corrected chi connectivity index (χ0v) is 12.0. The highest BCUT2D eigenvalue weighted by Gasteiger charge is 2.42. The van der Waals surface area contributed by atoms with Crippen LogP contribution in [-0.2, 0) is 9.53 Å². The van der Waals surface area contributed by atoms with E-state index < -0.39 is 5.60 Å². The first kappa shape index (κ1) is 14.0. The molecule has 0 N–H and O–H groups in total. The van der Waals surface area contributed by atoms with Crippen LogP contribution in [0.5, 0.6) is 0 Å². The molecule has 2 nitrogen and oxygen atoms in total. The van der Waals surface area contributed by atoms with E-state index in [4.69, 9.17) is 4.74 Å². The summed E-state index contributed by atoms with van der Waals surface area (Å²) in [6.07, 6.45) is 10.2. The Morgan fingerprint density at radius 3 is 2.56 bits per heavy atom. The van der Waals surface area contributed by atoms with Crippen LogP contribution >= 0.6 is 0 Å². The minimum atomic E-state index is -0.422. The fourth-order valence-corrected chi connectivity index (χ4v) is 3.91. The molecule has 2 aliphatic rings. The molecule has 0 aromatic heterocycles. The van der Waals surface area contributed by atoms with Crippen molar-refractivity contribution in [1.82, 2.24) is 0 Å². The maximum Gasteiger partial charge on any atom is 0.164 e. The zero-order valence-electron chi connectivity index (χ0n) is 12.0. The van der Waals surface area contributed by atoms with Crippen LogP contribution in [0, 0.1) is 11.8 Å². The quantitative estimate of drug-likeness (QED) is 0.735. The van der Waals surface area contributed by atoms with Crippen molar-refractivity contribution in [1.29, 1.82) is 0 Å². The molecule has 2 fully saturated rings. The van der Waals surface area contributed by atoms with Gasteiger partial charge in [-0.25, -0.2) is 0 Å². The zero-order chi connectivity index (χ0) is 13.0. The fourth-order valence-electron chi connectivity index (χ4n) is 3.91. The molecule has 0 aromatic rings. The van der Waals surface area contributed by atoms with Gasteiger partial charge in [0, 0.05) is 13.0 Å². The predicted molar refractivity (Wildman–Crippen MR) is 73.6 cm³/mol. The summed E-state index contributed by atoms with van der Waals surface area (Å²) in [5.41, 5.74) is -0.422. The standard InChI is InChI=1S/C16H28O2/c1-3-18-16(10-6-7-13(2)12-16)15(17)11-14-8-4-5-9-14/h13-14H,3-12H2,1-2H3. The maximum atomic E-state index is 12.7. The highest BCUT2D eigenvalue weighted by atomic mass is 16.5. The Labute approximate surface area is 111 Å². The largest absolute Gasteiger partial charge is 0.367 e. The summed E-state index contributed by atoms with van der Waals surface area (Å²) in [7, 11) is 0. The maximum absolute atomic E-state index is 12.7. The minimum Gasteiger partial charge on any atom is -0.367 e. The van der Waals surface area contributed by atoms with Crippen molar-refractivity contribution >= 4 is 5.78 Å². The first-order chi connectivity index (χ1) is 8.66. The topological polar surface area (TPSA) is 26.3 Å². The molecule has 0 bridgehead atoms. The van der Waals surface area contributed by atoms with Crippen LogP contribution in [0.25, 0.3) is 0 Å². The fraction of sp³-hybridized carbons (Fsp3) is 0.938. The number of hydrogen-bond acceptors (Lipinski definition) is 2. The molecule has 18 heavy (non-hydrogen) atoms. The number of Topliss-reactive ketones (excluding diaryl/α,β-unsaturated/α-hetero) is 1. The van der Waals surface area contributed by atoms with Crippen LogP contribution in [0.2, 0.25) is 0 Å². The third kappa shape index (κ3) is 3.14. The van der Waals surface area contributed by atoms with Gasteiger partial charge in [0.2, 0.25) is 0 Å². The SMILES string of the molecule is CCOC1(C(=O)CC2CCCC2)CCCC(C)C1. The molecule has 2 unspecified atom stereocenters. The first-order valence-electron chi connectivity index (χ1n) is 7.83. The van der Waals surface area contributed by atoms with E-state index in [2.05, 4.69) is 6.92 Å². The second-order valence-corrected chi connectivity index (χ2v) is 6.41. The lowest BCUT2D eigenvalue weighted by atomic mass is 9.74. The van der Waals surface area contributed by atoms with E-state index in [9.17, 15) is 4.79 Å². The van der Waals surface area contributed by atoms with E-state index in [1.807, 2.05) is 6.92 Å². The summed E-state index contributed by atoms with van der Waals surface area (Å²) < 4.78 is 5.96. The van der Waals surface area contributed by atoms with E-state index in [0.29, 0.717) is 24.2 Å². The van der Waals surface area contributed by atoms with Gasteiger partial charge in [-0.15, -0.1) is 0 Å². The van der Waals surface area contributed by atoms with Crippen LogP contribution in [0.1, 0.15) is 71.6 Å². The second-order valence-electron chi connectivity index (χ2n) is 6.41. The first-order valence-corrected chi connectivity index (χ1v) is 7.83. The monoisotopic (exact) mass is 252 g/mol. The Balaban J connectivity index is 2.00. The van der Waals surface area contributed by atoms with Crippen molar-refractivity contribution in [2.24, 2.45) is 11.8 Å².